The van der Waals surface area contributed by atoms with Crippen molar-refractivity contribution in [2.75, 3.05) is 19.8 Å². The smallest absolute Gasteiger partial charge is 0.332 e. The van der Waals surface area contributed by atoms with Gasteiger partial charge in [0.15, 0.2) is 11.5 Å². The van der Waals surface area contributed by atoms with Crippen molar-refractivity contribution >= 4 is 24.9 Å². The lowest BCUT2D eigenvalue weighted by Gasteiger charge is -2.22. The van der Waals surface area contributed by atoms with Crippen molar-refractivity contribution in [3.05, 3.63) is 46.8 Å². The third-order valence-corrected chi connectivity index (χ3v) is 8.05. The van der Waals surface area contributed by atoms with Gasteiger partial charge >= 0.3 is 5.69 Å². The second-order valence-electron chi connectivity index (χ2n) is 10.1. The van der Waals surface area contributed by atoms with E-state index in [9.17, 15) is 10.1 Å². The summed E-state index contributed by atoms with van der Waals surface area (Å²) in [7, 11) is -1.24. The van der Waals surface area contributed by atoms with Crippen LogP contribution in [0.5, 0.6) is 0 Å². The van der Waals surface area contributed by atoms with Gasteiger partial charge in [0, 0.05) is 40.1 Å². The van der Waals surface area contributed by atoms with Gasteiger partial charge in [0.05, 0.1) is 18.0 Å². The minimum absolute atomic E-state index is 0.00268. The molecule has 0 bridgehead atoms. The molecule has 0 unspecified atom stereocenters. The van der Waals surface area contributed by atoms with Crippen LogP contribution in [0.2, 0.25) is 25.7 Å². The Labute approximate surface area is 203 Å². The van der Waals surface area contributed by atoms with E-state index >= 15 is 0 Å². The number of nitrogens with zero attached hydrogens (tertiary/aromatic N) is 7. The molecule has 11 heteroatoms. The van der Waals surface area contributed by atoms with Crippen LogP contribution in [0.4, 0.5) is 0 Å². The molecule has 1 saturated heterocycles. The molecule has 0 aromatic carbocycles. The summed E-state index contributed by atoms with van der Waals surface area (Å²) in [6, 6.07) is 6.69. The molecule has 1 fully saturated rings. The molecule has 4 aromatic rings. The summed E-state index contributed by atoms with van der Waals surface area (Å²) in [5, 5.41) is 9.31. The van der Waals surface area contributed by atoms with Crippen molar-refractivity contribution in [1.29, 1.82) is 5.26 Å². The Kier molecular flexibility index (Phi) is 6.27. The maximum absolute atomic E-state index is 13.6. The highest BCUT2D eigenvalue weighted by molar-refractivity contribution is 6.76. The molecule has 0 aliphatic carbocycles. The van der Waals surface area contributed by atoms with E-state index in [4.69, 9.17) is 14.5 Å². The summed E-state index contributed by atoms with van der Waals surface area (Å²) in [5.74, 6) is 0.442. The van der Waals surface area contributed by atoms with Crippen LogP contribution in [0.1, 0.15) is 24.4 Å². The largest absolute Gasteiger partial charge is 0.381 e. The Morgan fingerprint density at radius 3 is 2.74 bits per heavy atom. The molecule has 5 heterocycles. The van der Waals surface area contributed by atoms with Crippen LogP contribution in [-0.4, -0.2) is 56.4 Å². The van der Waals surface area contributed by atoms with E-state index < -0.39 is 8.07 Å². The van der Waals surface area contributed by atoms with Crippen molar-refractivity contribution in [2.24, 2.45) is 0 Å². The zero-order valence-corrected chi connectivity index (χ0v) is 21.3. The standard InChI is InChI=1S/C24H29N7O3Si/c1-35(2,3)11-10-34-16-30-20-14-27-22(19-13-26-21-5-4-17(12-25)15-29(19)21)28-23(20)31(24(30)32)18-6-8-33-9-7-18/h4-5,13-15,18H,6-11,16H2,1-3H3. The number of ether oxygens (including phenoxy) is 2. The molecule has 4 aromatic heterocycles. The van der Waals surface area contributed by atoms with Gasteiger partial charge in [-0.15, -0.1) is 0 Å². The quantitative estimate of drug-likeness (QED) is 0.287. The van der Waals surface area contributed by atoms with Crippen LogP contribution in [-0.2, 0) is 16.2 Å². The maximum atomic E-state index is 13.6. The second kappa shape index (κ2) is 9.37. The highest BCUT2D eigenvalue weighted by Gasteiger charge is 2.25. The zero-order valence-electron chi connectivity index (χ0n) is 20.3. The normalized spacial score (nSPS) is 15.1. The average molecular weight is 492 g/mol. The first-order valence-electron chi connectivity index (χ1n) is 11.9. The third-order valence-electron chi connectivity index (χ3n) is 6.34. The summed E-state index contributed by atoms with van der Waals surface area (Å²) in [6.07, 6.45) is 6.58. The van der Waals surface area contributed by atoms with Gasteiger partial charge in [0.2, 0.25) is 0 Å². The molecular formula is C24H29N7O3Si. The number of hydrogen-bond acceptors (Lipinski definition) is 7. The number of fused-ring (bicyclic) bond motifs is 2. The van der Waals surface area contributed by atoms with E-state index in [0.717, 1.165) is 18.9 Å². The lowest BCUT2D eigenvalue weighted by molar-refractivity contribution is 0.0669. The first-order valence-corrected chi connectivity index (χ1v) is 15.6. The molecule has 1 aliphatic heterocycles. The Balaban J connectivity index is 1.58. The summed E-state index contributed by atoms with van der Waals surface area (Å²) in [5.41, 5.74) is 2.94. The molecule has 0 saturated carbocycles. The van der Waals surface area contributed by atoms with Crippen LogP contribution >= 0.6 is 0 Å². The number of aromatic nitrogens is 6. The van der Waals surface area contributed by atoms with Crippen LogP contribution in [0.25, 0.3) is 28.3 Å². The first-order chi connectivity index (χ1) is 16.9. The van der Waals surface area contributed by atoms with Gasteiger partial charge in [-0.2, -0.15) is 5.26 Å². The molecule has 0 spiro atoms. The van der Waals surface area contributed by atoms with Gasteiger partial charge < -0.3 is 9.47 Å². The van der Waals surface area contributed by atoms with E-state index in [1.165, 1.54) is 0 Å². The van der Waals surface area contributed by atoms with Gasteiger partial charge in [-0.3, -0.25) is 13.5 Å². The third kappa shape index (κ3) is 4.64. The number of pyridine rings is 1. The average Bonchev–Trinajstić information content (AvgIpc) is 3.39. The fourth-order valence-electron chi connectivity index (χ4n) is 4.32. The predicted octanol–water partition coefficient (Wildman–Crippen LogP) is 3.44. The topological polar surface area (TPSA) is 112 Å². The molecule has 182 valence electrons. The lowest BCUT2D eigenvalue weighted by atomic mass is 10.1. The fourth-order valence-corrected chi connectivity index (χ4v) is 5.08. The van der Waals surface area contributed by atoms with Gasteiger partial charge in [0.25, 0.3) is 0 Å². The SMILES string of the molecule is C[Si](C)(C)CCOCn1c(=O)n(C2CCOCC2)c2nc(-c3cnc4ccc(C#N)cn34)ncc21. The summed E-state index contributed by atoms with van der Waals surface area (Å²) >= 11 is 0. The highest BCUT2D eigenvalue weighted by Crippen LogP contribution is 2.26. The molecule has 0 atom stereocenters. The molecular weight excluding hydrogens is 462 g/mol. The van der Waals surface area contributed by atoms with Crippen LogP contribution in [0, 0.1) is 11.3 Å². The minimum atomic E-state index is -1.24. The van der Waals surface area contributed by atoms with Crippen molar-refractivity contribution in [1.82, 2.24) is 28.5 Å². The van der Waals surface area contributed by atoms with E-state index in [1.807, 2.05) is 0 Å². The van der Waals surface area contributed by atoms with Crippen LogP contribution in [0.15, 0.2) is 35.5 Å². The Bertz CT molecular complexity index is 1470. The Morgan fingerprint density at radius 2 is 2.00 bits per heavy atom. The molecule has 5 rings (SSSR count). The predicted molar refractivity (Wildman–Crippen MR) is 134 cm³/mol. The molecule has 1 aliphatic rings. The first kappa shape index (κ1) is 23.4. The van der Waals surface area contributed by atoms with E-state index in [2.05, 4.69) is 35.7 Å². The van der Waals surface area contributed by atoms with Gasteiger partial charge in [-0.1, -0.05) is 19.6 Å². The van der Waals surface area contributed by atoms with E-state index in [0.29, 0.717) is 53.7 Å². The zero-order chi connectivity index (χ0) is 24.6. The van der Waals surface area contributed by atoms with Crippen LogP contribution < -0.4 is 5.69 Å². The number of hydrogen-bond donors (Lipinski definition) is 0. The minimum Gasteiger partial charge on any atom is -0.381 e. The highest BCUT2D eigenvalue weighted by atomic mass is 28.3. The van der Waals surface area contributed by atoms with E-state index in [1.54, 1.807) is 44.3 Å². The number of rotatable bonds is 7. The fraction of sp³-hybridized carbons (Fsp3) is 0.458. The van der Waals surface area contributed by atoms with Gasteiger partial charge in [-0.05, 0) is 31.0 Å². The lowest BCUT2D eigenvalue weighted by Crippen LogP contribution is -2.31. The number of imidazole rings is 2. The van der Waals surface area contributed by atoms with Crippen LogP contribution in [0.3, 0.4) is 0 Å². The van der Waals surface area contributed by atoms with Gasteiger partial charge in [0.1, 0.15) is 29.7 Å². The summed E-state index contributed by atoms with van der Waals surface area (Å²) < 4.78 is 16.7. The van der Waals surface area contributed by atoms with Crippen molar-refractivity contribution in [3.8, 4) is 17.6 Å². The molecule has 35 heavy (non-hydrogen) atoms. The van der Waals surface area contributed by atoms with Crippen molar-refractivity contribution in [2.45, 2.75) is 51.3 Å². The van der Waals surface area contributed by atoms with Crippen molar-refractivity contribution in [3.63, 3.8) is 0 Å². The van der Waals surface area contributed by atoms with Gasteiger partial charge in [-0.25, -0.2) is 19.7 Å². The Hall–Kier alpha value is -3.33. The van der Waals surface area contributed by atoms with Crippen molar-refractivity contribution < 1.29 is 9.47 Å². The second-order valence-corrected chi connectivity index (χ2v) is 15.7. The maximum Gasteiger partial charge on any atom is 0.332 e. The monoisotopic (exact) mass is 491 g/mol. The number of nitriles is 1. The molecule has 0 amide bonds. The molecule has 10 nitrogen and oxygen atoms in total. The Morgan fingerprint density at radius 1 is 1.20 bits per heavy atom. The molecule has 0 N–H and O–H groups in total. The summed E-state index contributed by atoms with van der Waals surface area (Å²) in [6.45, 7) is 8.91. The molecule has 0 radical (unpaired) electrons. The van der Waals surface area contributed by atoms with E-state index in [-0.39, 0.29) is 18.5 Å². The summed E-state index contributed by atoms with van der Waals surface area (Å²) in [4.78, 5) is 27.4.